The molecule has 1 atom stereocenters. The van der Waals surface area contributed by atoms with E-state index in [1.54, 1.807) is 16.8 Å². The van der Waals surface area contributed by atoms with Crippen molar-refractivity contribution < 1.29 is 14.3 Å². The number of benzene rings is 1. The first-order chi connectivity index (χ1) is 12.0. The summed E-state index contributed by atoms with van der Waals surface area (Å²) in [5.74, 6) is 0.0475. The molecule has 1 aromatic carbocycles. The van der Waals surface area contributed by atoms with E-state index in [0.29, 0.717) is 23.7 Å². The largest absolute Gasteiger partial charge is 0.396 e. The molecule has 1 saturated heterocycles. The summed E-state index contributed by atoms with van der Waals surface area (Å²) in [6.07, 6.45) is 2.74. The Morgan fingerprint density at radius 3 is 2.72 bits per heavy atom. The van der Waals surface area contributed by atoms with E-state index in [9.17, 15) is 9.18 Å². The van der Waals surface area contributed by atoms with Crippen molar-refractivity contribution in [3.05, 3.63) is 47.0 Å². The number of piperidine rings is 1. The van der Waals surface area contributed by atoms with Crippen LogP contribution in [-0.2, 0) is 0 Å². The molecule has 134 valence electrons. The number of aliphatic hydroxyl groups is 1. The van der Waals surface area contributed by atoms with E-state index in [1.807, 2.05) is 18.7 Å². The number of carbonyl (C=O) groups excluding carboxylic acids is 1. The Morgan fingerprint density at radius 2 is 2.04 bits per heavy atom. The summed E-state index contributed by atoms with van der Waals surface area (Å²) in [6.45, 7) is 5.27. The molecule has 1 fully saturated rings. The van der Waals surface area contributed by atoms with Crippen LogP contribution in [0.4, 0.5) is 4.39 Å². The molecule has 0 aliphatic carbocycles. The SMILES string of the molecule is Cc1nn(-c2ccc(F)cc2)c(C)c1C(=O)N1CCC[C@H](CCO)C1. The van der Waals surface area contributed by atoms with Crippen molar-refractivity contribution in [1.29, 1.82) is 0 Å². The molecule has 1 aliphatic heterocycles. The fraction of sp³-hybridized carbons (Fsp3) is 0.474. The molecule has 2 heterocycles. The molecule has 1 aliphatic rings. The highest BCUT2D eigenvalue weighted by Gasteiger charge is 2.28. The minimum atomic E-state index is -0.301. The number of hydrogen-bond acceptors (Lipinski definition) is 3. The van der Waals surface area contributed by atoms with Crippen molar-refractivity contribution in [2.24, 2.45) is 5.92 Å². The number of carbonyl (C=O) groups is 1. The third-order valence-electron chi connectivity index (χ3n) is 4.92. The molecule has 0 bridgehead atoms. The topological polar surface area (TPSA) is 58.4 Å². The molecule has 0 saturated carbocycles. The van der Waals surface area contributed by atoms with Crippen LogP contribution in [0.25, 0.3) is 5.69 Å². The molecular weight excluding hydrogens is 321 g/mol. The normalized spacial score (nSPS) is 17.8. The zero-order valence-electron chi connectivity index (χ0n) is 14.7. The fourth-order valence-corrected chi connectivity index (χ4v) is 3.61. The van der Waals surface area contributed by atoms with Gasteiger partial charge < -0.3 is 10.0 Å². The van der Waals surface area contributed by atoms with Gasteiger partial charge >= 0.3 is 0 Å². The Kier molecular flexibility index (Phi) is 5.18. The maximum absolute atomic E-state index is 13.1. The molecule has 1 aromatic heterocycles. The van der Waals surface area contributed by atoms with Crippen molar-refractivity contribution in [1.82, 2.24) is 14.7 Å². The van der Waals surface area contributed by atoms with E-state index >= 15 is 0 Å². The van der Waals surface area contributed by atoms with Gasteiger partial charge in [-0.3, -0.25) is 4.79 Å². The van der Waals surface area contributed by atoms with Crippen LogP contribution in [0.1, 0.15) is 41.0 Å². The summed E-state index contributed by atoms with van der Waals surface area (Å²) in [6, 6.07) is 6.08. The molecule has 6 heteroatoms. The van der Waals surface area contributed by atoms with Crippen molar-refractivity contribution >= 4 is 5.91 Å². The summed E-state index contributed by atoms with van der Waals surface area (Å²) in [5, 5.41) is 13.6. The predicted octanol–water partition coefficient (Wildman–Crippen LogP) is 2.86. The maximum atomic E-state index is 13.1. The summed E-state index contributed by atoms with van der Waals surface area (Å²) < 4.78 is 14.8. The Bertz CT molecular complexity index is 753. The quantitative estimate of drug-likeness (QED) is 0.927. The third kappa shape index (κ3) is 3.58. The zero-order chi connectivity index (χ0) is 18.0. The molecule has 0 spiro atoms. The highest BCUT2D eigenvalue weighted by Crippen LogP contribution is 2.24. The average molecular weight is 345 g/mol. The summed E-state index contributed by atoms with van der Waals surface area (Å²) in [5.41, 5.74) is 2.79. The van der Waals surface area contributed by atoms with Gasteiger partial charge in [0.15, 0.2) is 0 Å². The molecular formula is C19H24FN3O2. The molecule has 1 N–H and O–H groups in total. The van der Waals surface area contributed by atoms with E-state index in [0.717, 1.165) is 37.2 Å². The Balaban J connectivity index is 1.87. The van der Waals surface area contributed by atoms with Gasteiger partial charge in [0.25, 0.3) is 5.91 Å². The first-order valence-electron chi connectivity index (χ1n) is 8.73. The number of amides is 1. The number of aryl methyl sites for hydroxylation is 1. The highest BCUT2D eigenvalue weighted by atomic mass is 19.1. The van der Waals surface area contributed by atoms with Gasteiger partial charge in [0, 0.05) is 19.7 Å². The monoisotopic (exact) mass is 345 g/mol. The number of hydrogen-bond donors (Lipinski definition) is 1. The standard InChI is InChI=1S/C19H24FN3O2/c1-13-18(19(25)22-10-3-4-15(12-22)9-11-24)14(2)23(21-13)17-7-5-16(20)6-8-17/h5-8,15,24H,3-4,9-12H2,1-2H3/t15-/m1/s1. The first kappa shape index (κ1) is 17.6. The second-order valence-electron chi connectivity index (χ2n) is 6.71. The Morgan fingerprint density at radius 1 is 1.32 bits per heavy atom. The number of aliphatic hydroxyl groups excluding tert-OH is 1. The molecule has 5 nitrogen and oxygen atoms in total. The van der Waals surface area contributed by atoms with Gasteiger partial charge in [-0.2, -0.15) is 5.10 Å². The van der Waals surface area contributed by atoms with Crippen LogP contribution in [0.2, 0.25) is 0 Å². The van der Waals surface area contributed by atoms with Gasteiger partial charge in [-0.25, -0.2) is 9.07 Å². The van der Waals surface area contributed by atoms with E-state index in [1.165, 1.54) is 12.1 Å². The van der Waals surface area contributed by atoms with E-state index < -0.39 is 0 Å². The molecule has 0 unspecified atom stereocenters. The van der Waals surface area contributed by atoms with Crippen LogP contribution in [0, 0.1) is 25.6 Å². The van der Waals surface area contributed by atoms with Gasteiger partial charge in [-0.15, -0.1) is 0 Å². The van der Waals surface area contributed by atoms with Crippen LogP contribution in [0.15, 0.2) is 24.3 Å². The summed E-state index contributed by atoms with van der Waals surface area (Å²) >= 11 is 0. The smallest absolute Gasteiger partial charge is 0.257 e. The number of nitrogens with zero attached hydrogens (tertiary/aromatic N) is 3. The molecule has 2 aromatic rings. The van der Waals surface area contributed by atoms with Crippen molar-refractivity contribution in [3.8, 4) is 5.69 Å². The lowest BCUT2D eigenvalue weighted by Gasteiger charge is -2.32. The minimum Gasteiger partial charge on any atom is -0.396 e. The van der Waals surface area contributed by atoms with Gasteiger partial charge in [-0.1, -0.05) is 0 Å². The highest BCUT2D eigenvalue weighted by molar-refractivity contribution is 5.96. The first-order valence-corrected chi connectivity index (χ1v) is 8.73. The van der Waals surface area contributed by atoms with E-state index in [2.05, 4.69) is 5.10 Å². The third-order valence-corrected chi connectivity index (χ3v) is 4.92. The van der Waals surface area contributed by atoms with Crippen molar-refractivity contribution in [3.63, 3.8) is 0 Å². The van der Waals surface area contributed by atoms with Gasteiger partial charge in [0.2, 0.25) is 0 Å². The molecule has 0 radical (unpaired) electrons. The van der Waals surface area contributed by atoms with Crippen LogP contribution < -0.4 is 0 Å². The maximum Gasteiger partial charge on any atom is 0.257 e. The average Bonchev–Trinajstić information content (AvgIpc) is 2.90. The lowest BCUT2D eigenvalue weighted by molar-refractivity contribution is 0.0652. The van der Waals surface area contributed by atoms with E-state index in [-0.39, 0.29) is 18.3 Å². The van der Waals surface area contributed by atoms with Gasteiger partial charge in [0.05, 0.1) is 22.6 Å². The van der Waals surface area contributed by atoms with Crippen LogP contribution >= 0.6 is 0 Å². The lowest BCUT2D eigenvalue weighted by atomic mass is 9.94. The van der Waals surface area contributed by atoms with Gasteiger partial charge in [-0.05, 0) is 63.3 Å². The van der Waals surface area contributed by atoms with Gasteiger partial charge in [0.1, 0.15) is 5.82 Å². The lowest BCUT2D eigenvalue weighted by Crippen LogP contribution is -2.40. The molecule has 3 rings (SSSR count). The number of aromatic nitrogens is 2. The summed E-state index contributed by atoms with van der Waals surface area (Å²) in [7, 11) is 0. The second kappa shape index (κ2) is 7.35. The summed E-state index contributed by atoms with van der Waals surface area (Å²) in [4.78, 5) is 14.9. The second-order valence-corrected chi connectivity index (χ2v) is 6.71. The van der Waals surface area contributed by atoms with Crippen molar-refractivity contribution in [2.75, 3.05) is 19.7 Å². The van der Waals surface area contributed by atoms with Crippen molar-refractivity contribution in [2.45, 2.75) is 33.1 Å². The number of rotatable bonds is 4. The Labute approximate surface area is 147 Å². The molecule has 25 heavy (non-hydrogen) atoms. The zero-order valence-corrected chi connectivity index (χ0v) is 14.7. The van der Waals surface area contributed by atoms with E-state index in [4.69, 9.17) is 5.11 Å². The fourth-order valence-electron chi connectivity index (χ4n) is 3.61. The van der Waals surface area contributed by atoms with Crippen LogP contribution in [0.5, 0.6) is 0 Å². The number of halogens is 1. The van der Waals surface area contributed by atoms with Crippen LogP contribution in [0.3, 0.4) is 0 Å². The molecule has 1 amide bonds. The number of likely N-dealkylation sites (tertiary alicyclic amines) is 1. The predicted molar refractivity (Wildman–Crippen MR) is 93.3 cm³/mol. The minimum absolute atomic E-state index is 0.00833. The van der Waals surface area contributed by atoms with Crippen LogP contribution in [-0.4, -0.2) is 45.4 Å². The Hall–Kier alpha value is -2.21.